The van der Waals surface area contributed by atoms with E-state index in [2.05, 4.69) is 20.8 Å². The normalized spacial score (nSPS) is 15.3. The van der Waals surface area contributed by atoms with E-state index in [1.165, 1.54) is 42.4 Å². The molecule has 1 aromatic heterocycles. The largest absolute Gasteiger partial charge is 0.510 e. The summed E-state index contributed by atoms with van der Waals surface area (Å²) in [6.07, 6.45) is 6.06. The van der Waals surface area contributed by atoms with Gasteiger partial charge in [0.25, 0.3) is 5.91 Å². The number of aliphatic hydroxyl groups excluding tert-OH is 1. The average molecular weight is 430 g/mol. The lowest BCUT2D eigenvalue weighted by Gasteiger charge is -2.21. The number of nitriles is 1. The van der Waals surface area contributed by atoms with Crippen molar-refractivity contribution in [1.82, 2.24) is 15.5 Å². The summed E-state index contributed by atoms with van der Waals surface area (Å²) in [4.78, 5) is 12.2. The third kappa shape index (κ3) is 6.48. The molecule has 1 fully saturated rings. The summed E-state index contributed by atoms with van der Waals surface area (Å²) in [5.41, 5.74) is 0.636. The van der Waals surface area contributed by atoms with Crippen LogP contribution in [0.3, 0.4) is 0 Å². The van der Waals surface area contributed by atoms with Crippen LogP contribution in [0.5, 0.6) is 0 Å². The number of nitrogens with zero attached hydrogens (tertiary/aromatic N) is 3. The van der Waals surface area contributed by atoms with Crippen LogP contribution >= 0.6 is 23.1 Å². The van der Waals surface area contributed by atoms with E-state index in [4.69, 9.17) is 0 Å². The Morgan fingerprint density at radius 1 is 1.24 bits per heavy atom. The van der Waals surface area contributed by atoms with Crippen molar-refractivity contribution in [3.05, 3.63) is 47.2 Å². The minimum Gasteiger partial charge on any atom is -0.510 e. The number of aromatic nitrogens is 2. The molecule has 29 heavy (non-hydrogen) atoms. The number of hydrogen-bond donors (Lipinski definition) is 3. The standard InChI is InChI=1S/C20H23N5O2S2/c21-11-16(18(27)22-12-14-7-3-1-4-8-14)17(26)13-28-20-25-24-19(29-20)23-15-9-5-2-6-10-15/h1,3-4,7-8,15,26H,2,5-6,9-10,12-13H2,(H,22,27)(H,23,24). The zero-order chi connectivity index (χ0) is 20.5. The topological polar surface area (TPSA) is 111 Å². The minimum absolute atomic E-state index is 0.0830. The van der Waals surface area contributed by atoms with Gasteiger partial charge in [0.05, 0.1) is 5.75 Å². The average Bonchev–Trinajstić information content (AvgIpc) is 3.20. The van der Waals surface area contributed by atoms with Gasteiger partial charge in [0.2, 0.25) is 5.13 Å². The van der Waals surface area contributed by atoms with Crippen LogP contribution in [0.4, 0.5) is 5.13 Å². The predicted octanol–water partition coefficient (Wildman–Crippen LogP) is 4.03. The van der Waals surface area contributed by atoms with Gasteiger partial charge in [0.1, 0.15) is 11.8 Å². The number of thioether (sulfide) groups is 1. The van der Waals surface area contributed by atoms with Crippen molar-refractivity contribution in [3.63, 3.8) is 0 Å². The molecular weight excluding hydrogens is 406 g/mol. The second kappa shape index (κ2) is 10.8. The number of amides is 1. The first kappa shape index (κ1) is 21.1. The maximum Gasteiger partial charge on any atom is 0.265 e. The highest BCUT2D eigenvalue weighted by Gasteiger charge is 2.17. The van der Waals surface area contributed by atoms with Gasteiger partial charge in [-0.25, -0.2) is 0 Å². The van der Waals surface area contributed by atoms with Gasteiger partial charge in [-0.2, -0.15) is 5.26 Å². The zero-order valence-corrected chi connectivity index (χ0v) is 17.6. The van der Waals surface area contributed by atoms with E-state index in [0.717, 1.165) is 23.5 Å². The van der Waals surface area contributed by atoms with Crippen molar-refractivity contribution in [2.45, 2.75) is 49.0 Å². The lowest BCUT2D eigenvalue weighted by Crippen LogP contribution is -2.25. The summed E-state index contributed by atoms with van der Waals surface area (Å²) in [7, 11) is 0. The molecule has 3 N–H and O–H groups in total. The molecule has 0 spiro atoms. The van der Waals surface area contributed by atoms with Gasteiger partial charge in [0.15, 0.2) is 9.91 Å². The molecule has 0 unspecified atom stereocenters. The van der Waals surface area contributed by atoms with Crippen molar-refractivity contribution in [2.24, 2.45) is 0 Å². The number of carbonyl (C=O) groups excluding carboxylic acids is 1. The van der Waals surface area contributed by atoms with Gasteiger partial charge >= 0.3 is 0 Å². The molecule has 1 saturated carbocycles. The molecule has 1 amide bonds. The van der Waals surface area contributed by atoms with Crippen molar-refractivity contribution >= 4 is 34.1 Å². The lowest BCUT2D eigenvalue weighted by molar-refractivity contribution is -0.117. The molecule has 7 nitrogen and oxygen atoms in total. The molecule has 1 aliphatic carbocycles. The summed E-state index contributed by atoms with van der Waals surface area (Å²) < 4.78 is 0.678. The van der Waals surface area contributed by atoms with Crippen LogP contribution in [0.25, 0.3) is 0 Å². The Morgan fingerprint density at radius 3 is 2.72 bits per heavy atom. The highest BCUT2D eigenvalue weighted by atomic mass is 32.2. The smallest absolute Gasteiger partial charge is 0.265 e. The number of anilines is 1. The second-order valence-corrected chi connectivity index (χ2v) is 8.94. The molecule has 9 heteroatoms. The zero-order valence-electron chi connectivity index (χ0n) is 15.9. The first-order chi connectivity index (χ1) is 14.2. The Labute approximate surface area is 178 Å². The van der Waals surface area contributed by atoms with E-state index in [-0.39, 0.29) is 23.6 Å². The molecule has 0 atom stereocenters. The van der Waals surface area contributed by atoms with Crippen molar-refractivity contribution in [3.8, 4) is 6.07 Å². The number of rotatable bonds is 8. The minimum atomic E-state index is -0.591. The Kier molecular flexibility index (Phi) is 7.90. The van der Waals surface area contributed by atoms with E-state index < -0.39 is 5.91 Å². The fraction of sp³-hybridized carbons (Fsp3) is 0.400. The molecule has 0 bridgehead atoms. The highest BCUT2D eigenvalue weighted by molar-refractivity contribution is 8.01. The van der Waals surface area contributed by atoms with E-state index >= 15 is 0 Å². The maximum atomic E-state index is 12.2. The third-order valence-corrected chi connectivity index (χ3v) is 6.59. The van der Waals surface area contributed by atoms with Crippen molar-refractivity contribution in [2.75, 3.05) is 11.1 Å². The van der Waals surface area contributed by atoms with Gasteiger partial charge in [-0.15, -0.1) is 10.2 Å². The predicted molar refractivity (Wildman–Crippen MR) is 115 cm³/mol. The molecule has 0 radical (unpaired) electrons. The summed E-state index contributed by atoms with van der Waals surface area (Å²) in [6.45, 7) is 0.290. The van der Waals surface area contributed by atoms with E-state index in [9.17, 15) is 15.2 Å². The van der Waals surface area contributed by atoms with Crippen molar-refractivity contribution in [1.29, 1.82) is 5.26 Å². The molecule has 2 aromatic rings. The number of carbonyl (C=O) groups is 1. The Balaban J connectivity index is 1.51. The highest BCUT2D eigenvalue weighted by Crippen LogP contribution is 2.29. The van der Waals surface area contributed by atoms with Crippen LogP contribution in [0.1, 0.15) is 37.7 Å². The first-order valence-electron chi connectivity index (χ1n) is 9.53. The summed E-state index contributed by atoms with van der Waals surface area (Å²) >= 11 is 2.67. The van der Waals surface area contributed by atoms with Gasteiger partial charge in [-0.05, 0) is 18.4 Å². The van der Waals surface area contributed by atoms with Crippen LogP contribution in [-0.4, -0.2) is 33.0 Å². The SMILES string of the molecule is N#CC(C(=O)NCc1ccccc1)=C(O)CSc1nnc(NC2CCCCC2)s1. The Bertz CT molecular complexity index is 886. The molecule has 0 saturated heterocycles. The van der Waals surface area contributed by atoms with Gasteiger partial charge < -0.3 is 15.7 Å². The van der Waals surface area contributed by atoms with Crippen LogP contribution in [0.15, 0.2) is 46.0 Å². The third-order valence-electron chi connectivity index (χ3n) is 4.59. The lowest BCUT2D eigenvalue weighted by atomic mass is 9.96. The molecule has 152 valence electrons. The van der Waals surface area contributed by atoms with Gasteiger partial charge in [0, 0.05) is 12.6 Å². The molecule has 0 aliphatic heterocycles. The Morgan fingerprint density at radius 2 is 2.00 bits per heavy atom. The van der Waals surface area contributed by atoms with Crippen LogP contribution in [0, 0.1) is 11.3 Å². The number of nitrogens with one attached hydrogen (secondary N) is 2. The van der Waals surface area contributed by atoms with Crippen LogP contribution < -0.4 is 10.6 Å². The monoisotopic (exact) mass is 429 g/mol. The van der Waals surface area contributed by atoms with Crippen LogP contribution in [0.2, 0.25) is 0 Å². The second-order valence-electron chi connectivity index (χ2n) is 6.74. The number of benzene rings is 1. The Hall–Kier alpha value is -2.57. The molecule has 3 rings (SSSR count). The van der Waals surface area contributed by atoms with E-state index in [1.807, 2.05) is 30.3 Å². The van der Waals surface area contributed by atoms with E-state index in [1.54, 1.807) is 6.07 Å². The van der Waals surface area contributed by atoms with Gasteiger partial charge in [-0.1, -0.05) is 72.7 Å². The number of aliphatic hydroxyl groups is 1. The molecule has 1 aromatic carbocycles. The molecule has 1 aliphatic rings. The first-order valence-corrected chi connectivity index (χ1v) is 11.3. The quantitative estimate of drug-likeness (QED) is 0.251. The molecule has 1 heterocycles. The van der Waals surface area contributed by atoms with E-state index in [0.29, 0.717) is 10.4 Å². The fourth-order valence-corrected chi connectivity index (χ4v) is 4.77. The fourth-order valence-electron chi connectivity index (χ4n) is 3.06. The summed E-state index contributed by atoms with van der Waals surface area (Å²) in [6, 6.07) is 11.6. The molecular formula is C20H23N5O2S2. The van der Waals surface area contributed by atoms with Crippen LogP contribution in [-0.2, 0) is 11.3 Å². The van der Waals surface area contributed by atoms with Gasteiger partial charge in [-0.3, -0.25) is 4.79 Å². The summed E-state index contributed by atoms with van der Waals surface area (Å²) in [5, 5.41) is 34.6. The number of hydrogen-bond acceptors (Lipinski definition) is 8. The van der Waals surface area contributed by atoms with Crippen molar-refractivity contribution < 1.29 is 9.90 Å². The maximum absolute atomic E-state index is 12.2. The summed E-state index contributed by atoms with van der Waals surface area (Å²) in [5.74, 6) is -0.772.